The third-order valence-corrected chi connectivity index (χ3v) is 4.13. The highest BCUT2D eigenvalue weighted by Gasteiger charge is 2.26. The number of hydrogen-bond acceptors (Lipinski definition) is 4. The van der Waals surface area contributed by atoms with Gasteiger partial charge in [0.05, 0.1) is 5.69 Å². The summed E-state index contributed by atoms with van der Waals surface area (Å²) in [5, 5.41) is 3.40. The lowest BCUT2D eigenvalue weighted by Gasteiger charge is -2.34. The minimum atomic E-state index is 0.177. The van der Waals surface area contributed by atoms with E-state index in [1.54, 1.807) is 0 Å². The van der Waals surface area contributed by atoms with Gasteiger partial charge in [-0.1, -0.05) is 13.8 Å². The first-order valence-corrected chi connectivity index (χ1v) is 7.73. The first-order valence-electron chi connectivity index (χ1n) is 7.73. The molecule has 0 spiro atoms. The molecule has 1 saturated heterocycles. The van der Waals surface area contributed by atoms with Crippen LogP contribution in [0.15, 0.2) is 12.1 Å². The maximum Gasteiger partial charge on any atom is 0.185 e. The van der Waals surface area contributed by atoms with E-state index in [-0.39, 0.29) is 6.10 Å². The molecule has 2 aliphatic rings. The molecule has 0 bridgehead atoms. The van der Waals surface area contributed by atoms with Gasteiger partial charge in [0.15, 0.2) is 11.5 Å². The Bertz CT molecular complexity index is 470. The van der Waals surface area contributed by atoms with Crippen molar-refractivity contribution in [2.45, 2.75) is 32.8 Å². The molecule has 0 amide bonds. The molecule has 1 N–H and O–H groups in total. The number of fused-ring (bicyclic) bond motifs is 1. The lowest BCUT2D eigenvalue weighted by Crippen LogP contribution is -2.44. The van der Waals surface area contributed by atoms with Crippen LogP contribution in [0.25, 0.3) is 0 Å². The summed E-state index contributed by atoms with van der Waals surface area (Å²) in [7, 11) is 0. The fraction of sp³-hybridized carbons (Fsp3) is 0.625. The summed E-state index contributed by atoms with van der Waals surface area (Å²) in [5.41, 5.74) is 2.52. The van der Waals surface area contributed by atoms with Crippen LogP contribution in [-0.4, -0.2) is 38.9 Å². The molecule has 0 radical (unpaired) electrons. The summed E-state index contributed by atoms with van der Waals surface area (Å²) >= 11 is 0. The Labute approximate surface area is 121 Å². The Kier molecular flexibility index (Phi) is 4.01. The van der Waals surface area contributed by atoms with Crippen molar-refractivity contribution in [1.82, 2.24) is 5.32 Å². The van der Waals surface area contributed by atoms with Gasteiger partial charge >= 0.3 is 0 Å². The van der Waals surface area contributed by atoms with E-state index in [1.807, 2.05) is 0 Å². The van der Waals surface area contributed by atoms with Gasteiger partial charge in [-0.3, -0.25) is 0 Å². The molecule has 2 aliphatic heterocycles. The van der Waals surface area contributed by atoms with Crippen molar-refractivity contribution in [2.24, 2.45) is 0 Å². The Balaban J connectivity index is 1.97. The Morgan fingerprint density at radius 3 is 2.75 bits per heavy atom. The number of nitrogens with one attached hydrogen (secondary N) is 1. The molecule has 0 aliphatic carbocycles. The van der Waals surface area contributed by atoms with Gasteiger partial charge in [-0.25, -0.2) is 0 Å². The topological polar surface area (TPSA) is 33.7 Å². The Hall–Kier alpha value is -1.42. The molecule has 0 saturated carbocycles. The molecule has 1 fully saturated rings. The third kappa shape index (κ3) is 2.57. The van der Waals surface area contributed by atoms with Crippen LogP contribution < -0.4 is 19.7 Å². The molecule has 4 nitrogen and oxygen atoms in total. The van der Waals surface area contributed by atoms with E-state index in [2.05, 4.69) is 36.2 Å². The SMILES string of the molecule is CCc1cc2c(c(N3CCNCC3)c1)OC(CC)CO2. The summed E-state index contributed by atoms with van der Waals surface area (Å²) in [6.07, 6.45) is 2.18. The molecule has 4 heteroatoms. The molecule has 2 heterocycles. The van der Waals surface area contributed by atoms with Gasteiger partial charge in [0, 0.05) is 26.2 Å². The van der Waals surface area contributed by atoms with Crippen LogP contribution in [0.1, 0.15) is 25.8 Å². The van der Waals surface area contributed by atoms with E-state index in [0.29, 0.717) is 6.61 Å². The van der Waals surface area contributed by atoms with Crippen molar-refractivity contribution >= 4 is 5.69 Å². The highest BCUT2D eigenvalue weighted by atomic mass is 16.6. The van der Waals surface area contributed by atoms with Gasteiger partial charge in [0.25, 0.3) is 0 Å². The number of piperazine rings is 1. The summed E-state index contributed by atoms with van der Waals surface area (Å²) in [4.78, 5) is 2.41. The molecular formula is C16H24N2O2. The average Bonchev–Trinajstić information content (AvgIpc) is 2.54. The number of benzene rings is 1. The standard InChI is InChI=1S/C16H24N2O2/c1-3-12-9-14(18-7-5-17-6-8-18)16-15(10-12)19-11-13(4-2)20-16/h9-10,13,17H,3-8,11H2,1-2H3. The second-order valence-electron chi connectivity index (χ2n) is 5.49. The first kappa shape index (κ1) is 13.6. The van der Waals surface area contributed by atoms with Crippen LogP contribution >= 0.6 is 0 Å². The zero-order valence-corrected chi connectivity index (χ0v) is 12.4. The van der Waals surface area contributed by atoms with Crippen molar-refractivity contribution in [2.75, 3.05) is 37.7 Å². The van der Waals surface area contributed by atoms with Crippen LogP contribution in [0.2, 0.25) is 0 Å². The monoisotopic (exact) mass is 276 g/mol. The lowest BCUT2D eigenvalue weighted by molar-refractivity contribution is 0.0888. The molecule has 20 heavy (non-hydrogen) atoms. The van der Waals surface area contributed by atoms with E-state index >= 15 is 0 Å². The van der Waals surface area contributed by atoms with Gasteiger partial charge in [-0.2, -0.15) is 0 Å². The number of hydrogen-bond donors (Lipinski definition) is 1. The number of anilines is 1. The normalized spacial score (nSPS) is 21.9. The quantitative estimate of drug-likeness (QED) is 0.918. The predicted octanol–water partition coefficient (Wildman–Crippen LogP) is 2.21. The van der Waals surface area contributed by atoms with Gasteiger partial charge in [0.1, 0.15) is 12.7 Å². The van der Waals surface area contributed by atoms with Gasteiger partial charge in [0.2, 0.25) is 0 Å². The first-order chi connectivity index (χ1) is 9.81. The zero-order chi connectivity index (χ0) is 13.9. The Morgan fingerprint density at radius 2 is 2.05 bits per heavy atom. The summed E-state index contributed by atoms with van der Waals surface area (Å²) in [6.45, 7) is 9.11. The second kappa shape index (κ2) is 5.92. The van der Waals surface area contributed by atoms with E-state index < -0.39 is 0 Å². The lowest BCUT2D eigenvalue weighted by atomic mass is 10.1. The zero-order valence-electron chi connectivity index (χ0n) is 12.4. The van der Waals surface area contributed by atoms with Gasteiger partial charge in [-0.15, -0.1) is 0 Å². The van der Waals surface area contributed by atoms with Crippen molar-refractivity contribution in [3.63, 3.8) is 0 Å². The highest BCUT2D eigenvalue weighted by molar-refractivity contribution is 5.67. The fourth-order valence-electron chi connectivity index (χ4n) is 2.80. The highest BCUT2D eigenvalue weighted by Crippen LogP contribution is 2.42. The summed E-state index contributed by atoms with van der Waals surface area (Å²) < 4.78 is 12.1. The molecule has 1 unspecified atom stereocenters. The molecule has 110 valence electrons. The summed E-state index contributed by atoms with van der Waals surface area (Å²) in [5.74, 6) is 1.87. The minimum Gasteiger partial charge on any atom is -0.486 e. The average molecular weight is 276 g/mol. The van der Waals surface area contributed by atoms with E-state index in [0.717, 1.165) is 50.5 Å². The van der Waals surface area contributed by atoms with Crippen LogP contribution in [0.5, 0.6) is 11.5 Å². The van der Waals surface area contributed by atoms with Crippen LogP contribution in [0.3, 0.4) is 0 Å². The smallest absolute Gasteiger partial charge is 0.185 e. The van der Waals surface area contributed by atoms with Crippen molar-refractivity contribution in [1.29, 1.82) is 0 Å². The van der Waals surface area contributed by atoms with E-state index in [1.165, 1.54) is 11.3 Å². The Morgan fingerprint density at radius 1 is 1.25 bits per heavy atom. The number of nitrogens with zero attached hydrogens (tertiary/aromatic N) is 1. The molecule has 1 aromatic carbocycles. The van der Waals surface area contributed by atoms with E-state index in [4.69, 9.17) is 9.47 Å². The van der Waals surface area contributed by atoms with Crippen molar-refractivity contribution in [3.8, 4) is 11.5 Å². The maximum absolute atomic E-state index is 6.18. The van der Waals surface area contributed by atoms with Gasteiger partial charge in [-0.05, 0) is 30.5 Å². The molecule has 1 aromatic rings. The number of ether oxygens (including phenoxy) is 2. The molecular weight excluding hydrogens is 252 g/mol. The number of rotatable bonds is 3. The van der Waals surface area contributed by atoms with Crippen LogP contribution in [0.4, 0.5) is 5.69 Å². The van der Waals surface area contributed by atoms with Crippen LogP contribution in [-0.2, 0) is 6.42 Å². The number of aryl methyl sites for hydroxylation is 1. The molecule has 1 atom stereocenters. The summed E-state index contributed by atoms with van der Waals surface area (Å²) in [6, 6.07) is 4.40. The van der Waals surface area contributed by atoms with Crippen molar-refractivity contribution in [3.05, 3.63) is 17.7 Å². The van der Waals surface area contributed by atoms with Crippen molar-refractivity contribution < 1.29 is 9.47 Å². The predicted molar refractivity (Wildman–Crippen MR) is 81.1 cm³/mol. The maximum atomic E-state index is 6.18. The second-order valence-corrected chi connectivity index (χ2v) is 5.49. The van der Waals surface area contributed by atoms with E-state index in [9.17, 15) is 0 Å². The van der Waals surface area contributed by atoms with Crippen LogP contribution in [0, 0.1) is 0 Å². The minimum absolute atomic E-state index is 0.177. The fourth-order valence-corrected chi connectivity index (χ4v) is 2.80. The largest absolute Gasteiger partial charge is 0.486 e. The third-order valence-electron chi connectivity index (χ3n) is 4.13. The molecule has 3 rings (SSSR count). The molecule has 0 aromatic heterocycles. The van der Waals surface area contributed by atoms with Gasteiger partial charge < -0.3 is 19.7 Å².